The summed E-state index contributed by atoms with van der Waals surface area (Å²) in [5.41, 5.74) is 1.82. The first-order valence-electron chi connectivity index (χ1n) is 8.47. The molecule has 1 atom stereocenters. The first-order chi connectivity index (χ1) is 12.6. The highest BCUT2D eigenvalue weighted by molar-refractivity contribution is 5.98. The predicted molar refractivity (Wildman–Crippen MR) is 97.7 cm³/mol. The molecule has 1 aromatic carbocycles. The van der Waals surface area contributed by atoms with Crippen LogP contribution in [0.4, 0.5) is 5.69 Å². The number of carbonyl (C=O) groups is 2. The van der Waals surface area contributed by atoms with Crippen LogP contribution in [0.2, 0.25) is 0 Å². The molecule has 1 N–H and O–H groups in total. The van der Waals surface area contributed by atoms with Gasteiger partial charge < -0.3 is 14.5 Å². The van der Waals surface area contributed by atoms with Gasteiger partial charge >= 0.3 is 11.9 Å². The normalized spacial score (nSPS) is 11.9. The van der Waals surface area contributed by atoms with Crippen LogP contribution in [0.1, 0.15) is 64.5 Å². The summed E-state index contributed by atoms with van der Waals surface area (Å²) in [5, 5.41) is 10.9. The van der Waals surface area contributed by atoms with Gasteiger partial charge in [0.05, 0.1) is 16.6 Å². The van der Waals surface area contributed by atoms with Crippen LogP contribution in [0, 0.1) is 24.0 Å². The number of nitro benzene ring substituents is 1. The maximum absolute atomic E-state index is 12.5. The van der Waals surface area contributed by atoms with Crippen molar-refractivity contribution >= 4 is 17.6 Å². The summed E-state index contributed by atoms with van der Waals surface area (Å²) in [6, 6.07) is 5.89. The van der Waals surface area contributed by atoms with Gasteiger partial charge in [0.15, 0.2) is 0 Å². The second-order valence-corrected chi connectivity index (χ2v) is 6.48. The van der Waals surface area contributed by atoms with Crippen molar-refractivity contribution < 1.29 is 24.0 Å². The molecule has 0 saturated carbocycles. The van der Waals surface area contributed by atoms with Crippen molar-refractivity contribution in [2.45, 2.75) is 46.8 Å². The second-order valence-electron chi connectivity index (χ2n) is 6.48. The topological polar surface area (TPSA) is 112 Å². The second kappa shape index (κ2) is 8.03. The molecule has 0 aliphatic heterocycles. The number of ether oxygens (including phenoxy) is 2. The van der Waals surface area contributed by atoms with Crippen LogP contribution in [-0.4, -0.2) is 27.9 Å². The molecule has 0 radical (unpaired) electrons. The zero-order valence-corrected chi connectivity index (χ0v) is 15.9. The largest absolute Gasteiger partial charge is 0.459 e. The van der Waals surface area contributed by atoms with E-state index in [9.17, 15) is 19.7 Å². The highest BCUT2D eigenvalue weighted by atomic mass is 16.6. The summed E-state index contributed by atoms with van der Waals surface area (Å²) in [6.07, 6.45) is -0.984. The standard InChI is InChI=1S/C19H22N2O6/c1-10(2)26-18(22)16-11(3)17(20-12(16)4)19(23)27-13(5)14-7-6-8-15(9-14)21(24)25/h6-10,13,20H,1-5H3/t13-/m0/s1. The van der Waals surface area contributed by atoms with Crippen molar-refractivity contribution in [3.8, 4) is 0 Å². The van der Waals surface area contributed by atoms with Gasteiger partial charge in [-0.25, -0.2) is 9.59 Å². The molecule has 0 saturated heterocycles. The third-order valence-corrected chi connectivity index (χ3v) is 4.02. The number of nitrogens with one attached hydrogen (secondary N) is 1. The lowest BCUT2D eigenvalue weighted by Crippen LogP contribution is -2.14. The van der Waals surface area contributed by atoms with Gasteiger partial charge in [-0.15, -0.1) is 0 Å². The summed E-state index contributed by atoms with van der Waals surface area (Å²) in [7, 11) is 0. The van der Waals surface area contributed by atoms with Gasteiger partial charge in [-0.05, 0) is 45.7 Å². The molecule has 8 heteroatoms. The monoisotopic (exact) mass is 374 g/mol. The summed E-state index contributed by atoms with van der Waals surface area (Å²) in [6.45, 7) is 8.41. The molecule has 0 spiro atoms. The number of H-pyrrole nitrogens is 1. The Bertz CT molecular complexity index is 884. The molecular weight excluding hydrogens is 352 g/mol. The number of non-ortho nitro benzene ring substituents is 1. The van der Waals surface area contributed by atoms with E-state index in [2.05, 4.69) is 4.98 Å². The first kappa shape index (κ1) is 20.2. The van der Waals surface area contributed by atoms with E-state index in [4.69, 9.17) is 9.47 Å². The summed E-state index contributed by atoms with van der Waals surface area (Å²) in [4.78, 5) is 38.0. The Balaban J connectivity index is 2.22. The Hall–Kier alpha value is -3.16. The maximum atomic E-state index is 12.5. The third-order valence-electron chi connectivity index (χ3n) is 4.02. The molecule has 2 aromatic rings. The Morgan fingerprint density at radius 3 is 2.37 bits per heavy atom. The predicted octanol–water partition coefficient (Wildman–Crippen LogP) is 4.02. The lowest BCUT2D eigenvalue weighted by Gasteiger charge is -2.13. The van der Waals surface area contributed by atoms with Crippen LogP contribution in [0.3, 0.4) is 0 Å². The average Bonchev–Trinajstić information content (AvgIpc) is 2.88. The highest BCUT2D eigenvalue weighted by Gasteiger charge is 2.26. The van der Waals surface area contributed by atoms with Gasteiger partial charge in [0.2, 0.25) is 0 Å². The molecule has 0 aliphatic carbocycles. The zero-order chi connectivity index (χ0) is 20.3. The summed E-state index contributed by atoms with van der Waals surface area (Å²) in [5.74, 6) is -1.17. The molecule has 0 fully saturated rings. The van der Waals surface area contributed by atoms with E-state index >= 15 is 0 Å². The number of hydrogen-bond donors (Lipinski definition) is 1. The molecule has 0 aliphatic rings. The minimum absolute atomic E-state index is 0.0824. The fraction of sp³-hybridized carbons (Fsp3) is 0.368. The Morgan fingerprint density at radius 1 is 1.11 bits per heavy atom. The quantitative estimate of drug-likeness (QED) is 0.464. The van der Waals surface area contributed by atoms with Crippen molar-refractivity contribution in [1.29, 1.82) is 0 Å². The van der Waals surface area contributed by atoms with Crippen molar-refractivity contribution in [2.75, 3.05) is 0 Å². The molecule has 0 unspecified atom stereocenters. The minimum atomic E-state index is -0.702. The van der Waals surface area contributed by atoms with Crippen molar-refractivity contribution in [2.24, 2.45) is 0 Å². The molecular formula is C19H22N2O6. The van der Waals surface area contributed by atoms with Crippen LogP contribution in [0.25, 0.3) is 0 Å². The minimum Gasteiger partial charge on any atom is -0.459 e. The molecule has 0 bridgehead atoms. The molecule has 1 aromatic heterocycles. The fourth-order valence-electron chi connectivity index (χ4n) is 2.71. The van der Waals surface area contributed by atoms with Crippen LogP contribution in [0.15, 0.2) is 24.3 Å². The van der Waals surface area contributed by atoms with Crippen molar-refractivity contribution in [1.82, 2.24) is 4.98 Å². The maximum Gasteiger partial charge on any atom is 0.355 e. The Labute approximate surface area is 156 Å². The number of hydrogen-bond acceptors (Lipinski definition) is 6. The summed E-state index contributed by atoms with van der Waals surface area (Å²) >= 11 is 0. The third kappa shape index (κ3) is 4.52. The van der Waals surface area contributed by atoms with Gasteiger partial charge in [-0.2, -0.15) is 0 Å². The number of nitrogens with zero attached hydrogens (tertiary/aromatic N) is 1. The molecule has 2 rings (SSSR count). The fourth-order valence-corrected chi connectivity index (χ4v) is 2.71. The van der Waals surface area contributed by atoms with E-state index < -0.39 is 23.0 Å². The van der Waals surface area contributed by atoms with E-state index in [1.807, 2.05) is 0 Å². The number of esters is 2. The number of nitro groups is 1. The lowest BCUT2D eigenvalue weighted by molar-refractivity contribution is -0.385. The van der Waals surface area contributed by atoms with Gasteiger partial charge in [-0.3, -0.25) is 10.1 Å². The van der Waals surface area contributed by atoms with Gasteiger partial charge in [0, 0.05) is 17.8 Å². The number of rotatable bonds is 6. The van der Waals surface area contributed by atoms with E-state index in [1.54, 1.807) is 40.7 Å². The highest BCUT2D eigenvalue weighted by Crippen LogP contribution is 2.25. The van der Waals surface area contributed by atoms with Gasteiger partial charge in [-0.1, -0.05) is 12.1 Å². The molecule has 1 heterocycles. The smallest absolute Gasteiger partial charge is 0.355 e. The van der Waals surface area contributed by atoms with Crippen LogP contribution in [0.5, 0.6) is 0 Å². The van der Waals surface area contributed by atoms with Crippen molar-refractivity contribution in [3.05, 3.63) is 62.5 Å². The van der Waals surface area contributed by atoms with Crippen LogP contribution >= 0.6 is 0 Å². The van der Waals surface area contributed by atoms with Gasteiger partial charge in [0.1, 0.15) is 11.8 Å². The number of aromatic amines is 1. The van der Waals surface area contributed by atoms with Crippen LogP contribution < -0.4 is 0 Å². The van der Waals surface area contributed by atoms with Gasteiger partial charge in [0.25, 0.3) is 5.69 Å². The zero-order valence-electron chi connectivity index (χ0n) is 15.9. The van der Waals surface area contributed by atoms with Crippen molar-refractivity contribution in [3.63, 3.8) is 0 Å². The van der Waals surface area contributed by atoms with E-state index in [0.717, 1.165) is 0 Å². The SMILES string of the molecule is Cc1[nH]c(C(=O)O[C@@H](C)c2cccc([N+](=O)[O-])c2)c(C)c1C(=O)OC(C)C. The average molecular weight is 374 g/mol. The number of carbonyl (C=O) groups excluding carboxylic acids is 2. The van der Waals surface area contributed by atoms with E-state index in [0.29, 0.717) is 22.4 Å². The first-order valence-corrected chi connectivity index (χ1v) is 8.47. The van der Waals surface area contributed by atoms with E-state index in [1.165, 1.54) is 18.2 Å². The molecule has 144 valence electrons. The lowest BCUT2D eigenvalue weighted by atomic mass is 10.1. The molecule has 8 nitrogen and oxygen atoms in total. The Morgan fingerprint density at radius 2 is 1.78 bits per heavy atom. The number of aromatic nitrogens is 1. The van der Waals surface area contributed by atoms with E-state index in [-0.39, 0.29) is 17.5 Å². The number of benzene rings is 1. The molecule has 27 heavy (non-hydrogen) atoms. The molecule has 0 amide bonds. The summed E-state index contributed by atoms with van der Waals surface area (Å²) < 4.78 is 10.6. The van der Waals surface area contributed by atoms with Crippen LogP contribution in [-0.2, 0) is 9.47 Å². The number of aryl methyl sites for hydroxylation is 1. The Kier molecular flexibility index (Phi) is 5.99.